The number of nitrogens with zero attached hydrogens (tertiary/aromatic N) is 3. The Bertz CT molecular complexity index is 978. The number of thiophene rings is 1. The van der Waals surface area contributed by atoms with Crippen LogP contribution in [0, 0.1) is 0 Å². The fraction of sp³-hybridized carbons (Fsp3) is 0.263. The monoisotopic (exact) mass is 398 g/mol. The van der Waals surface area contributed by atoms with Crippen molar-refractivity contribution < 1.29 is 9.59 Å². The number of hydrogen-bond acceptors (Lipinski definition) is 6. The van der Waals surface area contributed by atoms with Crippen molar-refractivity contribution in [3.63, 3.8) is 0 Å². The number of anilines is 1. The van der Waals surface area contributed by atoms with Crippen LogP contribution in [-0.2, 0) is 4.79 Å². The fourth-order valence-corrected chi connectivity index (χ4v) is 4.34. The van der Waals surface area contributed by atoms with E-state index in [4.69, 9.17) is 0 Å². The first-order valence-corrected chi connectivity index (χ1v) is 10.5. The molecular formula is C19H18N4O2S2. The number of amides is 1. The summed E-state index contributed by atoms with van der Waals surface area (Å²) < 4.78 is 2.15. The molecule has 1 fully saturated rings. The van der Waals surface area contributed by atoms with Crippen molar-refractivity contribution in [2.24, 2.45) is 0 Å². The highest BCUT2D eigenvalue weighted by Gasteiger charge is 2.30. The third kappa shape index (κ3) is 3.96. The zero-order valence-electron chi connectivity index (χ0n) is 14.7. The topological polar surface area (TPSA) is 76.9 Å². The van der Waals surface area contributed by atoms with Crippen LogP contribution in [-0.4, -0.2) is 32.2 Å². The Morgan fingerprint density at radius 2 is 2.04 bits per heavy atom. The maximum absolute atomic E-state index is 12.4. The summed E-state index contributed by atoms with van der Waals surface area (Å²) in [5.41, 5.74) is 1.05. The molecule has 1 aromatic carbocycles. The number of carbonyl (C=O) groups excluding carboxylic acids is 2. The summed E-state index contributed by atoms with van der Waals surface area (Å²) in [6.07, 6.45) is 2.23. The van der Waals surface area contributed by atoms with Gasteiger partial charge in [0.2, 0.25) is 5.91 Å². The molecule has 1 N–H and O–H groups in total. The van der Waals surface area contributed by atoms with Gasteiger partial charge in [0.1, 0.15) is 0 Å². The molecule has 4 rings (SSSR count). The van der Waals surface area contributed by atoms with Crippen LogP contribution in [0.2, 0.25) is 0 Å². The van der Waals surface area contributed by atoms with Crippen molar-refractivity contribution in [2.75, 3.05) is 11.1 Å². The number of hydrogen-bond donors (Lipinski definition) is 1. The summed E-state index contributed by atoms with van der Waals surface area (Å²) in [6, 6.07) is 11.5. The number of ketones is 1. The second kappa shape index (κ2) is 7.66. The number of rotatable bonds is 7. The van der Waals surface area contributed by atoms with E-state index in [-0.39, 0.29) is 17.4 Å². The van der Waals surface area contributed by atoms with E-state index >= 15 is 0 Å². The van der Waals surface area contributed by atoms with Gasteiger partial charge in [0.25, 0.3) is 0 Å². The summed E-state index contributed by atoms with van der Waals surface area (Å²) in [7, 11) is 0. The Kier molecular flexibility index (Phi) is 5.09. The lowest BCUT2D eigenvalue weighted by Crippen LogP contribution is -2.16. The molecule has 1 saturated carbocycles. The number of para-hydroxylation sites is 1. The molecule has 0 aliphatic heterocycles. The van der Waals surface area contributed by atoms with Crippen LogP contribution in [0.5, 0.6) is 0 Å². The zero-order chi connectivity index (χ0) is 18.8. The normalized spacial score (nSPS) is 13.5. The molecule has 2 aromatic heterocycles. The molecule has 1 aliphatic rings. The standard InChI is InChI=1S/C19H18N4O2S2/c1-12(24)14-5-2-3-6-15(14)20-17(25)11-27-19-22-21-18(16-7-4-10-26-16)23(19)13-8-9-13/h2-7,10,13H,8-9,11H2,1H3,(H,20,25). The van der Waals surface area contributed by atoms with E-state index in [0.29, 0.717) is 17.3 Å². The lowest BCUT2D eigenvalue weighted by molar-refractivity contribution is -0.113. The van der Waals surface area contributed by atoms with Crippen LogP contribution < -0.4 is 5.32 Å². The van der Waals surface area contributed by atoms with Gasteiger partial charge in [-0.15, -0.1) is 21.5 Å². The molecule has 0 atom stereocenters. The van der Waals surface area contributed by atoms with E-state index < -0.39 is 0 Å². The molecule has 2 heterocycles. The van der Waals surface area contributed by atoms with Gasteiger partial charge >= 0.3 is 0 Å². The smallest absolute Gasteiger partial charge is 0.234 e. The number of nitrogens with one attached hydrogen (secondary N) is 1. The zero-order valence-corrected chi connectivity index (χ0v) is 16.3. The van der Waals surface area contributed by atoms with Gasteiger partial charge in [0.05, 0.1) is 16.3 Å². The Balaban J connectivity index is 1.47. The maximum Gasteiger partial charge on any atom is 0.234 e. The average molecular weight is 399 g/mol. The van der Waals surface area contributed by atoms with Gasteiger partial charge in [0, 0.05) is 11.6 Å². The second-order valence-corrected chi connectivity index (χ2v) is 8.21. The van der Waals surface area contributed by atoms with E-state index in [1.807, 2.05) is 17.5 Å². The Morgan fingerprint density at radius 3 is 2.74 bits per heavy atom. The average Bonchev–Trinajstić information content (AvgIpc) is 3.18. The number of thioether (sulfide) groups is 1. The first-order valence-electron chi connectivity index (χ1n) is 8.65. The molecule has 27 heavy (non-hydrogen) atoms. The van der Waals surface area contributed by atoms with Gasteiger partial charge in [-0.25, -0.2) is 0 Å². The van der Waals surface area contributed by atoms with Crippen molar-refractivity contribution in [3.8, 4) is 10.7 Å². The number of aromatic nitrogens is 3. The number of carbonyl (C=O) groups is 2. The maximum atomic E-state index is 12.4. The van der Waals surface area contributed by atoms with Crippen LogP contribution in [0.1, 0.15) is 36.2 Å². The van der Waals surface area contributed by atoms with Crippen LogP contribution in [0.15, 0.2) is 46.9 Å². The van der Waals surface area contributed by atoms with Gasteiger partial charge in [-0.3, -0.25) is 14.2 Å². The molecule has 6 nitrogen and oxygen atoms in total. The Morgan fingerprint density at radius 1 is 1.22 bits per heavy atom. The summed E-state index contributed by atoms with van der Waals surface area (Å²) in [6.45, 7) is 1.49. The first kappa shape index (κ1) is 17.9. The van der Waals surface area contributed by atoms with Crippen molar-refractivity contribution in [1.82, 2.24) is 14.8 Å². The molecule has 1 aliphatic carbocycles. The summed E-state index contributed by atoms with van der Waals surface area (Å²) >= 11 is 3.01. The van der Waals surface area contributed by atoms with Gasteiger partial charge in [-0.1, -0.05) is 30.0 Å². The molecule has 138 valence electrons. The molecule has 0 bridgehead atoms. The number of benzene rings is 1. The molecule has 8 heteroatoms. The summed E-state index contributed by atoms with van der Waals surface area (Å²) in [5, 5.41) is 14.3. The van der Waals surface area contributed by atoms with Gasteiger partial charge in [-0.2, -0.15) is 0 Å². The largest absolute Gasteiger partial charge is 0.325 e. The predicted octanol–water partition coefficient (Wildman–Crippen LogP) is 4.27. The molecule has 3 aromatic rings. The fourth-order valence-electron chi connectivity index (χ4n) is 2.83. The Hall–Kier alpha value is -2.45. The van der Waals surface area contributed by atoms with Gasteiger partial charge in [-0.05, 0) is 43.3 Å². The van der Waals surface area contributed by atoms with Crippen LogP contribution >= 0.6 is 23.1 Å². The molecule has 0 radical (unpaired) electrons. The van der Waals surface area contributed by atoms with Crippen molar-refractivity contribution in [2.45, 2.75) is 31.0 Å². The second-order valence-electron chi connectivity index (χ2n) is 6.32. The highest BCUT2D eigenvalue weighted by Crippen LogP contribution is 2.41. The summed E-state index contributed by atoms with van der Waals surface area (Å²) in [5.74, 6) is 0.836. The highest BCUT2D eigenvalue weighted by molar-refractivity contribution is 7.99. The number of Topliss-reactive ketones (excluding diaryl/α,β-unsaturated/α-hetero) is 1. The van der Waals surface area contributed by atoms with E-state index in [1.165, 1.54) is 18.7 Å². The van der Waals surface area contributed by atoms with Crippen molar-refractivity contribution in [1.29, 1.82) is 0 Å². The van der Waals surface area contributed by atoms with E-state index in [0.717, 1.165) is 28.7 Å². The minimum absolute atomic E-state index is 0.0763. The van der Waals surface area contributed by atoms with Crippen molar-refractivity contribution in [3.05, 3.63) is 47.3 Å². The van der Waals surface area contributed by atoms with E-state index in [1.54, 1.807) is 35.6 Å². The van der Waals surface area contributed by atoms with Crippen LogP contribution in [0.4, 0.5) is 5.69 Å². The SMILES string of the molecule is CC(=O)c1ccccc1NC(=O)CSc1nnc(-c2cccs2)n1C1CC1. The third-order valence-corrected chi connectivity index (χ3v) is 6.04. The lowest BCUT2D eigenvalue weighted by Gasteiger charge is -2.10. The quantitative estimate of drug-likeness (QED) is 0.475. The first-order chi connectivity index (χ1) is 13.1. The third-order valence-electron chi connectivity index (χ3n) is 4.23. The molecular weight excluding hydrogens is 380 g/mol. The van der Waals surface area contributed by atoms with Crippen LogP contribution in [0.25, 0.3) is 10.7 Å². The molecule has 1 amide bonds. The van der Waals surface area contributed by atoms with Crippen LogP contribution in [0.3, 0.4) is 0 Å². The Labute approximate surface area is 165 Å². The molecule has 0 spiro atoms. The van der Waals surface area contributed by atoms with Crippen molar-refractivity contribution >= 4 is 40.5 Å². The van der Waals surface area contributed by atoms with E-state index in [9.17, 15) is 9.59 Å². The molecule has 0 unspecified atom stereocenters. The van der Waals surface area contributed by atoms with E-state index in [2.05, 4.69) is 20.1 Å². The highest BCUT2D eigenvalue weighted by atomic mass is 32.2. The van der Waals surface area contributed by atoms with Gasteiger partial charge < -0.3 is 5.32 Å². The minimum atomic E-state index is -0.170. The molecule has 0 saturated heterocycles. The minimum Gasteiger partial charge on any atom is -0.325 e. The predicted molar refractivity (Wildman–Crippen MR) is 107 cm³/mol. The summed E-state index contributed by atoms with van der Waals surface area (Å²) in [4.78, 5) is 25.2. The lowest BCUT2D eigenvalue weighted by atomic mass is 10.1. The van der Waals surface area contributed by atoms with Gasteiger partial charge in [0.15, 0.2) is 16.8 Å².